The Kier molecular flexibility index (Phi) is 3.27. The zero-order valence-corrected chi connectivity index (χ0v) is 8.23. The minimum Gasteiger partial charge on any atom is -0.481 e. The highest BCUT2D eigenvalue weighted by Gasteiger charge is 2.36. The van der Waals surface area contributed by atoms with Gasteiger partial charge in [0.25, 0.3) is 0 Å². The molecule has 1 aliphatic heterocycles. The molecule has 0 spiro atoms. The maximum atomic E-state index is 10.5. The summed E-state index contributed by atoms with van der Waals surface area (Å²) in [7, 11) is 2.66. The van der Waals surface area contributed by atoms with E-state index < -0.39 is 16.7 Å². The number of hydrogen-bond donors (Lipinski definition) is 2. The quantitative estimate of drug-likeness (QED) is 0.701. The van der Waals surface area contributed by atoms with Crippen molar-refractivity contribution >= 4 is 33.5 Å². The van der Waals surface area contributed by atoms with Crippen molar-refractivity contribution < 1.29 is 19.8 Å². The molecule has 0 bridgehead atoms. The van der Waals surface area contributed by atoms with Crippen molar-refractivity contribution in [1.82, 2.24) is 0 Å². The summed E-state index contributed by atoms with van der Waals surface area (Å²) < 4.78 is -0.762. The molecular weight excluding hydrogens is 212 g/mol. The SMILES string of the molecule is O=C(O)CC1(CC(=O)O)C=CSS1. The van der Waals surface area contributed by atoms with Crippen molar-refractivity contribution in [2.45, 2.75) is 17.6 Å². The van der Waals surface area contributed by atoms with E-state index in [1.807, 2.05) is 0 Å². The van der Waals surface area contributed by atoms with Crippen LogP contribution in [0, 0.1) is 0 Å². The summed E-state index contributed by atoms with van der Waals surface area (Å²) in [4.78, 5) is 21.0. The van der Waals surface area contributed by atoms with Gasteiger partial charge in [0.15, 0.2) is 0 Å². The van der Waals surface area contributed by atoms with Crippen molar-refractivity contribution in [1.29, 1.82) is 0 Å². The minimum absolute atomic E-state index is 0.145. The van der Waals surface area contributed by atoms with Crippen LogP contribution in [0.25, 0.3) is 0 Å². The third-order valence-corrected chi connectivity index (χ3v) is 4.26. The van der Waals surface area contributed by atoms with Gasteiger partial charge in [0.1, 0.15) is 0 Å². The lowest BCUT2D eigenvalue weighted by Gasteiger charge is -2.20. The molecule has 0 saturated carbocycles. The first-order chi connectivity index (χ1) is 6.04. The molecule has 1 rings (SSSR count). The van der Waals surface area contributed by atoms with Gasteiger partial charge in [-0.3, -0.25) is 9.59 Å². The minimum atomic E-state index is -0.971. The fraction of sp³-hybridized carbons (Fsp3) is 0.429. The molecule has 72 valence electrons. The van der Waals surface area contributed by atoms with E-state index in [1.165, 1.54) is 21.6 Å². The molecule has 0 aromatic rings. The first kappa shape index (κ1) is 10.5. The second-order valence-electron chi connectivity index (χ2n) is 2.69. The average Bonchev–Trinajstić information content (AvgIpc) is 2.33. The van der Waals surface area contributed by atoms with E-state index >= 15 is 0 Å². The molecule has 0 amide bonds. The summed E-state index contributed by atoms with van der Waals surface area (Å²) in [5.74, 6) is -1.94. The molecule has 1 heterocycles. The summed E-state index contributed by atoms with van der Waals surface area (Å²) >= 11 is 0. The van der Waals surface area contributed by atoms with Crippen LogP contribution in [0.1, 0.15) is 12.8 Å². The number of carboxylic acid groups (broad SMARTS) is 2. The molecule has 13 heavy (non-hydrogen) atoms. The Morgan fingerprint density at radius 3 is 2.08 bits per heavy atom. The van der Waals surface area contributed by atoms with E-state index in [0.717, 1.165) is 0 Å². The van der Waals surface area contributed by atoms with Gasteiger partial charge in [0, 0.05) is 0 Å². The number of aliphatic carboxylic acids is 2. The largest absolute Gasteiger partial charge is 0.481 e. The predicted molar refractivity (Wildman–Crippen MR) is 51.6 cm³/mol. The molecule has 1 aliphatic rings. The standard InChI is InChI=1S/C7H8O4S2/c8-5(9)3-7(4-6(10)11)1-2-12-13-7/h1-2H,3-4H2,(H,8,9)(H,10,11). The van der Waals surface area contributed by atoms with E-state index in [-0.39, 0.29) is 12.8 Å². The molecular formula is C7H8O4S2. The fourth-order valence-corrected chi connectivity index (χ4v) is 3.62. The zero-order valence-electron chi connectivity index (χ0n) is 6.60. The second kappa shape index (κ2) is 4.06. The lowest BCUT2D eigenvalue weighted by molar-refractivity contribution is -0.139. The number of rotatable bonds is 4. The summed E-state index contributed by atoms with van der Waals surface area (Å²) in [5, 5.41) is 18.9. The predicted octanol–water partition coefficient (Wildman–Crippen LogP) is 1.58. The van der Waals surface area contributed by atoms with Crippen LogP contribution in [-0.4, -0.2) is 26.9 Å². The Morgan fingerprint density at radius 1 is 1.23 bits per heavy atom. The Labute approximate surface area is 82.8 Å². The fourth-order valence-electron chi connectivity index (χ4n) is 1.05. The van der Waals surface area contributed by atoms with E-state index in [9.17, 15) is 9.59 Å². The van der Waals surface area contributed by atoms with Crippen molar-refractivity contribution in [3.05, 3.63) is 11.5 Å². The highest BCUT2D eigenvalue weighted by atomic mass is 33.1. The third kappa shape index (κ3) is 2.96. The molecule has 0 saturated heterocycles. The van der Waals surface area contributed by atoms with Crippen molar-refractivity contribution in [2.24, 2.45) is 0 Å². The molecule has 0 fully saturated rings. The topological polar surface area (TPSA) is 74.6 Å². The van der Waals surface area contributed by atoms with Crippen LogP contribution in [0.4, 0.5) is 0 Å². The van der Waals surface area contributed by atoms with Gasteiger partial charge < -0.3 is 10.2 Å². The van der Waals surface area contributed by atoms with E-state index in [4.69, 9.17) is 10.2 Å². The summed E-state index contributed by atoms with van der Waals surface area (Å²) in [6.07, 6.45) is 1.37. The molecule has 0 aromatic heterocycles. The van der Waals surface area contributed by atoms with Crippen LogP contribution in [0.5, 0.6) is 0 Å². The number of carboxylic acids is 2. The lowest BCUT2D eigenvalue weighted by Crippen LogP contribution is -2.26. The molecule has 0 aliphatic carbocycles. The lowest BCUT2D eigenvalue weighted by atomic mass is 10.0. The molecule has 0 unspecified atom stereocenters. The monoisotopic (exact) mass is 220 g/mol. The van der Waals surface area contributed by atoms with Gasteiger partial charge in [-0.15, -0.1) is 0 Å². The van der Waals surface area contributed by atoms with E-state index in [0.29, 0.717) is 0 Å². The molecule has 4 nitrogen and oxygen atoms in total. The van der Waals surface area contributed by atoms with Crippen LogP contribution in [-0.2, 0) is 9.59 Å². The zero-order chi connectivity index (χ0) is 9.90. The second-order valence-corrected chi connectivity index (χ2v) is 5.21. The summed E-state index contributed by atoms with van der Waals surface area (Å²) in [5.41, 5.74) is 0. The van der Waals surface area contributed by atoms with Crippen molar-refractivity contribution in [3.8, 4) is 0 Å². The highest BCUT2D eigenvalue weighted by molar-refractivity contribution is 8.78. The van der Waals surface area contributed by atoms with Gasteiger partial charge in [-0.1, -0.05) is 27.7 Å². The van der Waals surface area contributed by atoms with Crippen LogP contribution in [0.15, 0.2) is 11.5 Å². The van der Waals surface area contributed by atoms with Crippen LogP contribution in [0.2, 0.25) is 0 Å². The molecule has 0 atom stereocenters. The van der Waals surface area contributed by atoms with E-state index in [1.54, 1.807) is 11.5 Å². The average molecular weight is 220 g/mol. The number of hydrogen-bond acceptors (Lipinski definition) is 4. The van der Waals surface area contributed by atoms with Gasteiger partial charge >= 0.3 is 11.9 Å². The molecule has 0 aromatic carbocycles. The summed E-state index contributed by atoms with van der Waals surface area (Å²) in [6, 6.07) is 0. The Hall–Kier alpha value is -0.620. The molecule has 0 radical (unpaired) electrons. The van der Waals surface area contributed by atoms with Gasteiger partial charge in [-0.05, 0) is 5.41 Å². The van der Waals surface area contributed by atoms with Gasteiger partial charge in [-0.25, -0.2) is 0 Å². The summed E-state index contributed by atoms with van der Waals surface area (Å²) in [6.45, 7) is 0. The van der Waals surface area contributed by atoms with Crippen molar-refractivity contribution in [3.63, 3.8) is 0 Å². The third-order valence-electron chi connectivity index (χ3n) is 1.54. The Balaban J connectivity index is 2.69. The van der Waals surface area contributed by atoms with Gasteiger partial charge in [0.2, 0.25) is 0 Å². The highest BCUT2D eigenvalue weighted by Crippen LogP contribution is 2.48. The van der Waals surface area contributed by atoms with Crippen LogP contribution < -0.4 is 0 Å². The molecule has 6 heteroatoms. The van der Waals surface area contributed by atoms with E-state index in [2.05, 4.69) is 0 Å². The van der Waals surface area contributed by atoms with Crippen LogP contribution >= 0.6 is 21.6 Å². The van der Waals surface area contributed by atoms with Gasteiger partial charge in [-0.2, -0.15) is 0 Å². The smallest absolute Gasteiger partial charge is 0.305 e. The van der Waals surface area contributed by atoms with Crippen LogP contribution in [0.3, 0.4) is 0 Å². The first-order valence-corrected chi connectivity index (χ1v) is 5.71. The maximum Gasteiger partial charge on any atom is 0.305 e. The Morgan fingerprint density at radius 2 is 1.77 bits per heavy atom. The van der Waals surface area contributed by atoms with Crippen molar-refractivity contribution in [2.75, 3.05) is 0 Å². The molecule has 2 N–H and O–H groups in total. The van der Waals surface area contributed by atoms with Gasteiger partial charge in [0.05, 0.1) is 17.6 Å². The maximum absolute atomic E-state index is 10.5. The first-order valence-electron chi connectivity index (χ1n) is 3.50. The Bertz CT molecular complexity index is 245. The number of carbonyl (C=O) groups is 2. The normalized spacial score (nSPS) is 18.8.